The Hall–Kier alpha value is -2.55. The van der Waals surface area contributed by atoms with Gasteiger partial charge in [-0.2, -0.15) is 0 Å². The monoisotopic (exact) mass is 762 g/mol. The smallest absolute Gasteiger partial charge is 0.462 e. The fraction of sp³-hybridized carbons (Fsp3) is 0.674. The molecule has 0 amide bonds. The standard InChI is InChI=1S/C43H71O9P/c1-3-5-7-8-9-10-11-12-13-14-15-16-17-22-25-28-32-36-43(45)51-39(38-50-53(46,47)48)37-49-42(44)35-31-27-24-21-19-18-20-23-26-30-34-41-40(52-41)33-29-6-4-2/h12-13,15-16,18,20-22,24-26,30,39-41H,3-11,14,17,19,23,27-29,31-38H2,1-2H3,(H2,46,47,48)/b13-12-,16-15-,20-18-,24-21-,25-22-,30-26-/t39-,40?,41?/m1/s1. The molecule has 1 aliphatic rings. The van der Waals surface area contributed by atoms with Crippen molar-refractivity contribution < 1.29 is 42.7 Å². The summed E-state index contributed by atoms with van der Waals surface area (Å²) in [5, 5.41) is 0. The second-order valence-corrected chi connectivity index (χ2v) is 14.9. The van der Waals surface area contributed by atoms with Gasteiger partial charge in [0.2, 0.25) is 0 Å². The molecule has 1 fully saturated rings. The predicted molar refractivity (Wildman–Crippen MR) is 215 cm³/mol. The van der Waals surface area contributed by atoms with E-state index >= 15 is 0 Å². The summed E-state index contributed by atoms with van der Waals surface area (Å²) in [5.74, 6) is -1.02. The third kappa shape index (κ3) is 33.7. The number of unbranched alkanes of at least 4 members (excludes halogenated alkanes) is 10. The van der Waals surface area contributed by atoms with E-state index in [1.165, 1.54) is 64.2 Å². The van der Waals surface area contributed by atoms with Crippen molar-refractivity contribution in [3.05, 3.63) is 72.9 Å². The summed E-state index contributed by atoms with van der Waals surface area (Å²) in [4.78, 5) is 42.8. The molecule has 0 aromatic rings. The van der Waals surface area contributed by atoms with Gasteiger partial charge in [0.25, 0.3) is 0 Å². The molecule has 0 aromatic carbocycles. The van der Waals surface area contributed by atoms with E-state index < -0.39 is 32.5 Å². The molecule has 3 atom stereocenters. The zero-order valence-electron chi connectivity index (χ0n) is 32.8. The van der Waals surface area contributed by atoms with Crippen LogP contribution in [0.3, 0.4) is 0 Å². The van der Waals surface area contributed by atoms with Gasteiger partial charge in [0, 0.05) is 12.8 Å². The van der Waals surface area contributed by atoms with Gasteiger partial charge in [-0.05, 0) is 77.0 Å². The van der Waals surface area contributed by atoms with Crippen LogP contribution in [0.1, 0.15) is 155 Å². The van der Waals surface area contributed by atoms with Crippen LogP contribution in [0.25, 0.3) is 0 Å². The molecule has 9 nitrogen and oxygen atoms in total. The Kier molecular flexibility index (Phi) is 31.1. The van der Waals surface area contributed by atoms with Gasteiger partial charge in [-0.1, -0.05) is 138 Å². The van der Waals surface area contributed by atoms with Crippen molar-refractivity contribution in [1.29, 1.82) is 0 Å². The third-order valence-corrected chi connectivity index (χ3v) is 9.11. The summed E-state index contributed by atoms with van der Waals surface area (Å²) in [5.41, 5.74) is 0. The molecular weight excluding hydrogens is 691 g/mol. The van der Waals surface area contributed by atoms with E-state index in [2.05, 4.69) is 79.1 Å². The predicted octanol–water partition coefficient (Wildman–Crippen LogP) is 11.3. The van der Waals surface area contributed by atoms with E-state index in [-0.39, 0.29) is 19.4 Å². The van der Waals surface area contributed by atoms with Gasteiger partial charge in [0.1, 0.15) is 6.61 Å². The van der Waals surface area contributed by atoms with Crippen LogP contribution in [0.15, 0.2) is 72.9 Å². The molecule has 0 saturated carbocycles. The highest BCUT2D eigenvalue weighted by Gasteiger charge is 2.36. The van der Waals surface area contributed by atoms with E-state index in [0.717, 1.165) is 38.5 Å². The van der Waals surface area contributed by atoms with Gasteiger partial charge in [0.15, 0.2) is 6.10 Å². The van der Waals surface area contributed by atoms with Crippen LogP contribution in [0.5, 0.6) is 0 Å². The highest BCUT2D eigenvalue weighted by molar-refractivity contribution is 7.46. The first-order valence-corrected chi connectivity index (χ1v) is 21.9. The van der Waals surface area contributed by atoms with E-state index in [0.29, 0.717) is 37.9 Å². The summed E-state index contributed by atoms with van der Waals surface area (Å²) in [6.07, 6.45) is 46.7. The Morgan fingerprint density at radius 3 is 1.68 bits per heavy atom. The van der Waals surface area contributed by atoms with Gasteiger partial charge >= 0.3 is 19.8 Å². The summed E-state index contributed by atoms with van der Waals surface area (Å²) in [6, 6.07) is 0. The molecule has 1 heterocycles. The summed E-state index contributed by atoms with van der Waals surface area (Å²) in [6.45, 7) is 3.54. The Morgan fingerprint density at radius 1 is 0.604 bits per heavy atom. The number of allylic oxidation sites excluding steroid dienone is 11. The number of hydrogen-bond acceptors (Lipinski definition) is 7. The van der Waals surface area contributed by atoms with Crippen molar-refractivity contribution in [3.8, 4) is 0 Å². The Balaban J connectivity index is 2.15. The molecule has 1 saturated heterocycles. The molecule has 302 valence electrons. The lowest BCUT2D eigenvalue weighted by Crippen LogP contribution is -2.29. The van der Waals surface area contributed by atoms with Gasteiger partial charge in [-0.3, -0.25) is 14.1 Å². The first-order chi connectivity index (χ1) is 25.7. The fourth-order valence-electron chi connectivity index (χ4n) is 5.47. The van der Waals surface area contributed by atoms with Gasteiger partial charge < -0.3 is 24.0 Å². The largest absolute Gasteiger partial charge is 0.469 e. The third-order valence-electron chi connectivity index (χ3n) is 8.62. The number of hydrogen-bond donors (Lipinski definition) is 2. The van der Waals surface area contributed by atoms with Crippen LogP contribution >= 0.6 is 7.82 Å². The Labute approximate surface area is 321 Å². The molecule has 1 aliphatic heterocycles. The molecule has 0 bridgehead atoms. The normalized spacial score (nSPS) is 17.1. The van der Waals surface area contributed by atoms with E-state index in [4.69, 9.17) is 24.0 Å². The lowest BCUT2D eigenvalue weighted by molar-refractivity contribution is -0.161. The van der Waals surface area contributed by atoms with Crippen molar-refractivity contribution in [2.75, 3.05) is 13.2 Å². The van der Waals surface area contributed by atoms with E-state index in [1.807, 2.05) is 12.2 Å². The topological polar surface area (TPSA) is 132 Å². The molecule has 1 rings (SSSR count). The second kappa shape index (κ2) is 34.0. The first kappa shape index (κ1) is 48.5. The molecule has 2 unspecified atom stereocenters. The van der Waals surface area contributed by atoms with Crippen molar-refractivity contribution >= 4 is 19.8 Å². The summed E-state index contributed by atoms with van der Waals surface area (Å²) < 4.78 is 32.0. The summed E-state index contributed by atoms with van der Waals surface area (Å²) >= 11 is 0. The molecule has 0 radical (unpaired) electrons. The molecule has 2 N–H and O–H groups in total. The van der Waals surface area contributed by atoms with Crippen LogP contribution in [0.2, 0.25) is 0 Å². The number of phosphoric ester groups is 1. The van der Waals surface area contributed by atoms with Crippen molar-refractivity contribution in [3.63, 3.8) is 0 Å². The van der Waals surface area contributed by atoms with Crippen molar-refractivity contribution in [1.82, 2.24) is 0 Å². The average Bonchev–Trinajstić information content (AvgIpc) is 3.88. The molecule has 0 aliphatic carbocycles. The van der Waals surface area contributed by atoms with Crippen LogP contribution in [-0.2, 0) is 32.9 Å². The van der Waals surface area contributed by atoms with Crippen LogP contribution in [-0.4, -0.2) is 53.3 Å². The van der Waals surface area contributed by atoms with Crippen LogP contribution < -0.4 is 0 Å². The Morgan fingerprint density at radius 2 is 1.09 bits per heavy atom. The Bertz CT molecular complexity index is 1150. The maximum Gasteiger partial charge on any atom is 0.469 e. The number of rotatable bonds is 35. The minimum absolute atomic E-state index is 0.123. The van der Waals surface area contributed by atoms with E-state index in [1.54, 1.807) is 0 Å². The van der Waals surface area contributed by atoms with E-state index in [9.17, 15) is 14.2 Å². The zero-order chi connectivity index (χ0) is 38.7. The highest BCUT2D eigenvalue weighted by atomic mass is 31.2. The highest BCUT2D eigenvalue weighted by Crippen LogP contribution is 2.36. The second-order valence-electron chi connectivity index (χ2n) is 13.6. The fourth-order valence-corrected chi connectivity index (χ4v) is 5.83. The SMILES string of the molecule is CCCCCCCC/C=C\C/C=C\C/C=C\CCCC(=O)O[C@H](COC(=O)CCC/C=C\C/C=C\C/C=C\CC1OC1CCCCC)COP(=O)(O)O. The molecule has 53 heavy (non-hydrogen) atoms. The minimum atomic E-state index is -4.79. The number of esters is 2. The van der Waals surface area contributed by atoms with Gasteiger partial charge in [-0.25, -0.2) is 4.57 Å². The zero-order valence-corrected chi connectivity index (χ0v) is 33.7. The maximum absolute atomic E-state index is 12.4. The van der Waals surface area contributed by atoms with Crippen molar-refractivity contribution in [2.45, 2.75) is 173 Å². The molecule has 0 spiro atoms. The number of carbonyl (C=O) groups is 2. The van der Waals surface area contributed by atoms with Crippen LogP contribution in [0, 0.1) is 0 Å². The van der Waals surface area contributed by atoms with Gasteiger partial charge in [0.05, 0.1) is 18.8 Å². The first-order valence-electron chi connectivity index (χ1n) is 20.4. The number of epoxide rings is 1. The number of phosphoric acid groups is 1. The summed E-state index contributed by atoms with van der Waals surface area (Å²) in [7, 11) is -4.79. The van der Waals surface area contributed by atoms with Crippen LogP contribution in [0.4, 0.5) is 0 Å². The number of carbonyl (C=O) groups excluding carboxylic acids is 2. The van der Waals surface area contributed by atoms with Gasteiger partial charge in [-0.15, -0.1) is 0 Å². The minimum Gasteiger partial charge on any atom is -0.462 e. The molecule has 10 heteroatoms. The molecule has 0 aromatic heterocycles. The number of ether oxygens (including phenoxy) is 3. The quantitative estimate of drug-likeness (QED) is 0.0213. The lowest BCUT2D eigenvalue weighted by Gasteiger charge is -2.18. The maximum atomic E-state index is 12.4. The lowest BCUT2D eigenvalue weighted by atomic mass is 10.1. The molecular formula is C43H71O9P. The van der Waals surface area contributed by atoms with Crippen molar-refractivity contribution in [2.24, 2.45) is 0 Å². The average molecular weight is 763 g/mol.